The van der Waals surface area contributed by atoms with Gasteiger partial charge in [0.1, 0.15) is 0 Å². The van der Waals surface area contributed by atoms with Gasteiger partial charge in [0.05, 0.1) is 0 Å². The first-order chi connectivity index (χ1) is 7.29. The van der Waals surface area contributed by atoms with Gasteiger partial charge in [0.15, 0.2) is 0 Å². The second kappa shape index (κ2) is 5.77. The van der Waals surface area contributed by atoms with Crippen LogP contribution in [0.15, 0.2) is 0 Å². The summed E-state index contributed by atoms with van der Waals surface area (Å²) in [5.74, 6) is 0. The SMILES string of the molecule is CN1CCN(C2CCN(SS)CC2)CC1. The number of hydrogen-bond donors (Lipinski definition) is 1. The molecule has 0 aromatic carbocycles. The van der Waals surface area contributed by atoms with Gasteiger partial charge in [-0.15, -0.1) is 0 Å². The molecule has 0 unspecified atom stereocenters. The van der Waals surface area contributed by atoms with Gasteiger partial charge in [0.2, 0.25) is 0 Å². The van der Waals surface area contributed by atoms with E-state index in [2.05, 4.69) is 32.8 Å². The third kappa shape index (κ3) is 3.27. The molecule has 2 rings (SSSR count). The second-order valence-corrected chi connectivity index (χ2v) is 5.75. The Morgan fingerprint density at radius 3 is 2.13 bits per heavy atom. The van der Waals surface area contributed by atoms with E-state index < -0.39 is 0 Å². The summed E-state index contributed by atoms with van der Waals surface area (Å²) in [5, 5.41) is 0. The number of nitrogens with zero attached hydrogens (tertiary/aromatic N) is 3. The van der Waals surface area contributed by atoms with E-state index in [1.54, 1.807) is 11.0 Å². The van der Waals surface area contributed by atoms with E-state index in [4.69, 9.17) is 0 Å². The van der Waals surface area contributed by atoms with Crippen molar-refractivity contribution in [3.63, 3.8) is 0 Å². The Morgan fingerprint density at radius 1 is 1.00 bits per heavy atom. The van der Waals surface area contributed by atoms with Crippen LogP contribution in [0.5, 0.6) is 0 Å². The van der Waals surface area contributed by atoms with Crippen molar-refractivity contribution < 1.29 is 0 Å². The first kappa shape index (κ1) is 12.0. The lowest BCUT2D eigenvalue weighted by atomic mass is 10.0. The highest BCUT2D eigenvalue weighted by Gasteiger charge is 2.26. The molecule has 0 amide bonds. The standard InChI is InChI=1S/C10H21N3S2/c1-11-6-8-12(9-7-11)10-2-4-13(15-14)5-3-10/h10,14H,2-9H2,1H3. The topological polar surface area (TPSA) is 9.72 Å². The molecule has 0 radical (unpaired) electrons. The Morgan fingerprint density at radius 2 is 1.60 bits per heavy atom. The van der Waals surface area contributed by atoms with Crippen LogP contribution < -0.4 is 0 Å². The molecule has 0 bridgehead atoms. The lowest BCUT2D eigenvalue weighted by Crippen LogP contribution is -2.51. The van der Waals surface area contributed by atoms with Crippen molar-refractivity contribution in [2.75, 3.05) is 46.3 Å². The van der Waals surface area contributed by atoms with E-state index in [1.165, 1.54) is 52.1 Å². The Hall–Kier alpha value is 0.580. The van der Waals surface area contributed by atoms with E-state index in [-0.39, 0.29) is 0 Å². The third-order valence-corrected chi connectivity index (χ3v) is 4.88. The summed E-state index contributed by atoms with van der Waals surface area (Å²) in [5.41, 5.74) is 0. The van der Waals surface area contributed by atoms with Crippen molar-refractivity contribution in [3.8, 4) is 0 Å². The number of hydrogen-bond acceptors (Lipinski definition) is 5. The van der Waals surface area contributed by atoms with Crippen molar-refractivity contribution in [2.45, 2.75) is 18.9 Å². The summed E-state index contributed by atoms with van der Waals surface area (Å²) >= 11 is 4.25. The number of likely N-dealkylation sites (N-methyl/N-ethyl adjacent to an activating group) is 1. The van der Waals surface area contributed by atoms with E-state index in [9.17, 15) is 0 Å². The lowest BCUT2D eigenvalue weighted by Gasteiger charge is -2.41. The van der Waals surface area contributed by atoms with Crippen LogP contribution in [0.1, 0.15) is 12.8 Å². The molecular formula is C10H21N3S2. The molecular weight excluding hydrogens is 226 g/mol. The molecule has 0 atom stereocenters. The van der Waals surface area contributed by atoms with E-state index in [0.717, 1.165) is 6.04 Å². The van der Waals surface area contributed by atoms with Crippen LogP contribution in [0.3, 0.4) is 0 Å². The zero-order valence-corrected chi connectivity index (χ0v) is 11.1. The smallest absolute Gasteiger partial charge is 0.0121 e. The largest absolute Gasteiger partial charge is 0.304 e. The van der Waals surface area contributed by atoms with Gasteiger partial charge in [-0.25, -0.2) is 4.31 Å². The van der Waals surface area contributed by atoms with Crippen molar-refractivity contribution in [1.82, 2.24) is 14.1 Å². The Balaban J connectivity index is 1.75. The van der Waals surface area contributed by atoms with E-state index >= 15 is 0 Å². The van der Waals surface area contributed by atoms with Gasteiger partial charge >= 0.3 is 0 Å². The van der Waals surface area contributed by atoms with E-state index in [1.807, 2.05) is 0 Å². The Bertz CT molecular complexity index is 187. The second-order valence-electron chi connectivity index (χ2n) is 4.58. The predicted octanol–water partition coefficient (Wildman–Crippen LogP) is 1.19. The summed E-state index contributed by atoms with van der Waals surface area (Å²) in [6, 6.07) is 0.829. The molecule has 2 saturated heterocycles. The number of piperazine rings is 1. The molecule has 88 valence electrons. The number of thiol groups is 1. The fourth-order valence-electron chi connectivity index (χ4n) is 2.48. The van der Waals surface area contributed by atoms with Crippen LogP contribution in [0.2, 0.25) is 0 Å². The predicted molar refractivity (Wildman–Crippen MR) is 70.2 cm³/mol. The summed E-state index contributed by atoms with van der Waals surface area (Å²) in [7, 11) is 3.82. The fourth-order valence-corrected chi connectivity index (χ4v) is 3.34. The van der Waals surface area contributed by atoms with Crippen LogP contribution in [-0.4, -0.2) is 66.5 Å². The molecule has 2 heterocycles. The van der Waals surface area contributed by atoms with Crippen LogP contribution in [0.4, 0.5) is 0 Å². The highest BCUT2D eigenvalue weighted by molar-refractivity contribution is 8.67. The molecule has 0 saturated carbocycles. The van der Waals surface area contributed by atoms with Crippen LogP contribution in [0.25, 0.3) is 0 Å². The molecule has 5 heteroatoms. The fraction of sp³-hybridized carbons (Fsp3) is 1.00. The molecule has 2 fully saturated rings. The summed E-state index contributed by atoms with van der Waals surface area (Å²) in [4.78, 5) is 5.11. The molecule has 0 N–H and O–H groups in total. The molecule has 2 aliphatic rings. The van der Waals surface area contributed by atoms with Gasteiger partial charge in [-0.1, -0.05) is 11.7 Å². The first-order valence-electron chi connectivity index (χ1n) is 5.78. The summed E-state index contributed by atoms with van der Waals surface area (Å²) in [6.07, 6.45) is 2.63. The van der Waals surface area contributed by atoms with Crippen LogP contribution >= 0.6 is 22.6 Å². The zero-order valence-electron chi connectivity index (χ0n) is 9.43. The van der Waals surface area contributed by atoms with Crippen LogP contribution in [-0.2, 0) is 0 Å². The molecule has 15 heavy (non-hydrogen) atoms. The highest BCUT2D eigenvalue weighted by Crippen LogP contribution is 2.24. The maximum atomic E-state index is 4.25. The minimum Gasteiger partial charge on any atom is -0.304 e. The third-order valence-electron chi connectivity index (χ3n) is 3.59. The molecule has 0 aromatic heterocycles. The maximum absolute atomic E-state index is 4.25. The normalized spacial score (nSPS) is 28.4. The van der Waals surface area contributed by atoms with Crippen molar-refractivity contribution in [2.24, 2.45) is 0 Å². The van der Waals surface area contributed by atoms with Crippen LogP contribution in [0, 0.1) is 0 Å². The minimum atomic E-state index is 0.829. The Kier molecular flexibility index (Phi) is 4.64. The van der Waals surface area contributed by atoms with Gasteiger partial charge < -0.3 is 4.90 Å². The zero-order chi connectivity index (χ0) is 10.7. The van der Waals surface area contributed by atoms with Gasteiger partial charge in [-0.05, 0) is 30.9 Å². The van der Waals surface area contributed by atoms with Crippen molar-refractivity contribution in [1.29, 1.82) is 0 Å². The molecule has 0 spiro atoms. The molecule has 2 aliphatic heterocycles. The highest BCUT2D eigenvalue weighted by atomic mass is 33.1. The van der Waals surface area contributed by atoms with Gasteiger partial charge in [0, 0.05) is 45.3 Å². The van der Waals surface area contributed by atoms with Gasteiger partial charge in [-0.3, -0.25) is 4.90 Å². The lowest BCUT2D eigenvalue weighted by molar-refractivity contribution is 0.0853. The average Bonchev–Trinajstić information content (AvgIpc) is 2.30. The number of rotatable bonds is 2. The molecule has 3 nitrogen and oxygen atoms in total. The molecule has 0 aromatic rings. The quantitative estimate of drug-likeness (QED) is 0.446. The summed E-state index contributed by atoms with van der Waals surface area (Å²) < 4.78 is 2.36. The molecule has 0 aliphatic carbocycles. The van der Waals surface area contributed by atoms with E-state index in [0.29, 0.717) is 0 Å². The van der Waals surface area contributed by atoms with Crippen molar-refractivity contribution in [3.05, 3.63) is 0 Å². The average molecular weight is 247 g/mol. The van der Waals surface area contributed by atoms with Gasteiger partial charge in [-0.2, -0.15) is 0 Å². The minimum absolute atomic E-state index is 0.829. The van der Waals surface area contributed by atoms with Gasteiger partial charge in [0.25, 0.3) is 0 Å². The maximum Gasteiger partial charge on any atom is 0.0121 e. The van der Waals surface area contributed by atoms with Crippen molar-refractivity contribution >= 4 is 22.6 Å². The first-order valence-corrected chi connectivity index (χ1v) is 7.61. The monoisotopic (exact) mass is 247 g/mol. The summed E-state index contributed by atoms with van der Waals surface area (Å²) in [6.45, 7) is 7.39. The number of piperidine rings is 1. The Labute approximate surface area is 102 Å².